The van der Waals surface area contributed by atoms with Crippen LogP contribution in [0.15, 0.2) is 6.07 Å². The molecule has 0 aromatic carbocycles. The van der Waals surface area contributed by atoms with Crippen molar-refractivity contribution < 1.29 is 18.7 Å². The Morgan fingerprint density at radius 2 is 2.21 bits per heavy atom. The summed E-state index contributed by atoms with van der Waals surface area (Å²) in [6, 6.07) is 1.16. The number of hydrogen-bond acceptors (Lipinski definition) is 2. The van der Waals surface area contributed by atoms with Crippen LogP contribution in [0.5, 0.6) is 0 Å². The third-order valence-corrected chi connectivity index (χ3v) is 2.50. The number of aromatic nitrogens is 1. The number of carbonyl (C=O) groups is 1. The fourth-order valence-electron chi connectivity index (χ4n) is 0.982. The molecule has 0 bridgehead atoms. The number of aryl methyl sites for hydroxylation is 1. The molecule has 1 aromatic rings. The van der Waals surface area contributed by atoms with Gasteiger partial charge in [-0.2, -0.15) is 0 Å². The lowest BCUT2D eigenvalue weighted by Gasteiger charge is -2.06. The summed E-state index contributed by atoms with van der Waals surface area (Å²) in [6.07, 6.45) is -2.63. The minimum atomic E-state index is -2.63. The van der Waals surface area contributed by atoms with Crippen LogP contribution in [0.25, 0.3) is 0 Å². The monoisotopic (exact) mass is 313 g/mol. The van der Waals surface area contributed by atoms with E-state index in [1.165, 1.54) is 6.92 Å². The maximum atomic E-state index is 12.3. The van der Waals surface area contributed by atoms with E-state index in [4.69, 9.17) is 5.11 Å². The van der Waals surface area contributed by atoms with Crippen molar-refractivity contribution in [3.63, 3.8) is 0 Å². The van der Waals surface area contributed by atoms with E-state index in [0.29, 0.717) is 0 Å². The van der Waals surface area contributed by atoms with Gasteiger partial charge in [0.1, 0.15) is 3.70 Å². The van der Waals surface area contributed by atoms with Gasteiger partial charge >= 0.3 is 5.97 Å². The first-order chi connectivity index (χ1) is 6.43. The topological polar surface area (TPSA) is 50.2 Å². The van der Waals surface area contributed by atoms with Crippen LogP contribution in [0.1, 0.15) is 28.0 Å². The highest BCUT2D eigenvalue weighted by Crippen LogP contribution is 2.25. The largest absolute Gasteiger partial charge is 0.477 e. The van der Waals surface area contributed by atoms with E-state index in [1.807, 2.05) is 0 Å². The molecule has 14 heavy (non-hydrogen) atoms. The summed E-state index contributed by atoms with van der Waals surface area (Å²) in [5.74, 6) is -1.21. The molecule has 0 aliphatic carbocycles. The number of halogens is 3. The molecule has 1 aromatic heterocycles. The van der Waals surface area contributed by atoms with E-state index in [2.05, 4.69) is 4.98 Å². The van der Waals surface area contributed by atoms with Crippen LogP contribution in [0.2, 0.25) is 0 Å². The number of nitrogens with zero attached hydrogens (tertiary/aromatic N) is 1. The highest BCUT2D eigenvalue weighted by Gasteiger charge is 2.17. The standard InChI is InChI=1S/C8H6F2INO2/c1-3-2-4(6(9)10)7(11)12-5(3)8(13)14/h2,6H,1H3,(H,13,14). The number of carboxylic acid groups (broad SMARTS) is 1. The van der Waals surface area contributed by atoms with Crippen molar-refractivity contribution in [2.45, 2.75) is 13.3 Å². The predicted octanol–water partition coefficient (Wildman–Crippen LogP) is 2.63. The second kappa shape index (κ2) is 4.16. The summed E-state index contributed by atoms with van der Waals surface area (Å²) in [5, 5.41) is 8.67. The number of hydrogen-bond donors (Lipinski definition) is 1. The summed E-state index contributed by atoms with van der Waals surface area (Å²) in [4.78, 5) is 14.2. The lowest BCUT2D eigenvalue weighted by atomic mass is 10.1. The minimum absolute atomic E-state index is 0.0283. The van der Waals surface area contributed by atoms with Gasteiger partial charge in [0.15, 0.2) is 5.69 Å². The molecule has 1 N–H and O–H groups in total. The second-order valence-corrected chi connectivity index (χ2v) is 3.66. The normalized spacial score (nSPS) is 10.6. The molecule has 76 valence electrons. The number of carboxylic acids is 1. The molecule has 0 saturated heterocycles. The molecule has 0 radical (unpaired) electrons. The maximum absolute atomic E-state index is 12.3. The van der Waals surface area contributed by atoms with Crippen LogP contribution in [0, 0.1) is 10.6 Å². The molecule has 0 saturated carbocycles. The van der Waals surface area contributed by atoms with Gasteiger partial charge in [0.05, 0.1) is 0 Å². The van der Waals surface area contributed by atoms with Crippen LogP contribution in [0.4, 0.5) is 8.78 Å². The Kier molecular flexibility index (Phi) is 3.35. The minimum Gasteiger partial charge on any atom is -0.477 e. The molecule has 3 nitrogen and oxygen atoms in total. The fourth-order valence-corrected chi connectivity index (χ4v) is 1.61. The summed E-state index contributed by atoms with van der Waals surface area (Å²) >= 11 is 1.60. The molecule has 0 aliphatic heterocycles. The smallest absolute Gasteiger partial charge is 0.354 e. The van der Waals surface area contributed by atoms with Gasteiger partial charge in [0, 0.05) is 5.56 Å². The number of aromatic carboxylic acids is 1. The molecule has 0 spiro atoms. The summed E-state index contributed by atoms with van der Waals surface area (Å²) < 4.78 is 24.7. The lowest BCUT2D eigenvalue weighted by molar-refractivity contribution is 0.0688. The van der Waals surface area contributed by atoms with Crippen molar-refractivity contribution in [2.24, 2.45) is 0 Å². The molecule has 6 heteroatoms. The van der Waals surface area contributed by atoms with Crippen molar-refractivity contribution in [3.8, 4) is 0 Å². The van der Waals surface area contributed by atoms with Gasteiger partial charge in [-0.3, -0.25) is 0 Å². The Bertz CT molecular complexity index is 382. The summed E-state index contributed by atoms with van der Waals surface area (Å²) in [7, 11) is 0. The SMILES string of the molecule is Cc1cc(C(F)F)c(I)nc1C(=O)O. The molecule has 0 fully saturated rings. The van der Waals surface area contributed by atoms with Crippen LogP contribution >= 0.6 is 22.6 Å². The molecular formula is C8H6F2INO2. The highest BCUT2D eigenvalue weighted by atomic mass is 127. The lowest BCUT2D eigenvalue weighted by Crippen LogP contribution is -2.07. The Labute approximate surface area is 92.3 Å². The first-order valence-corrected chi connectivity index (χ1v) is 4.70. The van der Waals surface area contributed by atoms with Gasteiger partial charge < -0.3 is 5.11 Å². The van der Waals surface area contributed by atoms with Crippen LogP contribution in [-0.4, -0.2) is 16.1 Å². The van der Waals surface area contributed by atoms with Gasteiger partial charge in [-0.15, -0.1) is 0 Å². The predicted molar refractivity (Wildman–Crippen MR) is 53.6 cm³/mol. The van der Waals surface area contributed by atoms with E-state index >= 15 is 0 Å². The zero-order chi connectivity index (χ0) is 10.9. The van der Waals surface area contributed by atoms with Crippen molar-refractivity contribution in [2.75, 3.05) is 0 Å². The Balaban J connectivity index is 3.31. The zero-order valence-corrected chi connectivity index (χ0v) is 9.25. The Morgan fingerprint density at radius 3 is 2.64 bits per heavy atom. The zero-order valence-electron chi connectivity index (χ0n) is 7.09. The second-order valence-electron chi connectivity index (χ2n) is 2.64. The summed E-state index contributed by atoms with van der Waals surface area (Å²) in [6.45, 7) is 1.44. The highest BCUT2D eigenvalue weighted by molar-refractivity contribution is 14.1. The van der Waals surface area contributed by atoms with Crippen LogP contribution in [-0.2, 0) is 0 Å². The van der Waals surface area contributed by atoms with Crippen molar-refractivity contribution >= 4 is 28.6 Å². The molecular weight excluding hydrogens is 307 g/mol. The van der Waals surface area contributed by atoms with E-state index in [1.54, 1.807) is 22.6 Å². The third kappa shape index (κ3) is 2.17. The van der Waals surface area contributed by atoms with Gasteiger partial charge in [0.25, 0.3) is 6.43 Å². The number of rotatable bonds is 2. The molecule has 1 rings (SSSR count). The Hall–Kier alpha value is -0.790. The maximum Gasteiger partial charge on any atom is 0.354 e. The Morgan fingerprint density at radius 1 is 1.64 bits per heavy atom. The van der Waals surface area contributed by atoms with Gasteiger partial charge in [-0.1, -0.05) is 0 Å². The van der Waals surface area contributed by atoms with E-state index in [9.17, 15) is 13.6 Å². The van der Waals surface area contributed by atoms with Crippen molar-refractivity contribution in [3.05, 3.63) is 26.6 Å². The van der Waals surface area contributed by atoms with E-state index < -0.39 is 12.4 Å². The van der Waals surface area contributed by atoms with Gasteiger partial charge in [-0.25, -0.2) is 18.6 Å². The van der Waals surface area contributed by atoms with Crippen molar-refractivity contribution in [1.29, 1.82) is 0 Å². The van der Waals surface area contributed by atoms with Gasteiger partial charge in [0.2, 0.25) is 0 Å². The number of alkyl halides is 2. The average Bonchev–Trinajstić information content (AvgIpc) is 2.07. The average molecular weight is 313 g/mol. The molecule has 0 amide bonds. The molecule has 1 heterocycles. The van der Waals surface area contributed by atoms with E-state index in [-0.39, 0.29) is 20.5 Å². The summed E-state index contributed by atoms with van der Waals surface area (Å²) in [5.41, 5.74) is -0.167. The van der Waals surface area contributed by atoms with Gasteiger partial charge in [-0.05, 0) is 41.1 Å². The quantitative estimate of drug-likeness (QED) is 0.674. The molecule has 0 unspecified atom stereocenters. The molecule has 0 atom stereocenters. The van der Waals surface area contributed by atoms with Crippen LogP contribution in [0.3, 0.4) is 0 Å². The first kappa shape index (κ1) is 11.3. The van der Waals surface area contributed by atoms with Crippen molar-refractivity contribution in [1.82, 2.24) is 4.98 Å². The third-order valence-electron chi connectivity index (χ3n) is 1.63. The van der Waals surface area contributed by atoms with Crippen LogP contribution < -0.4 is 0 Å². The number of pyridine rings is 1. The van der Waals surface area contributed by atoms with E-state index in [0.717, 1.165) is 6.07 Å². The fraction of sp³-hybridized carbons (Fsp3) is 0.250. The molecule has 0 aliphatic rings. The first-order valence-electron chi connectivity index (χ1n) is 3.62.